The van der Waals surface area contributed by atoms with Crippen LogP contribution in [0, 0.1) is 0 Å². The highest BCUT2D eigenvalue weighted by molar-refractivity contribution is 4.97. The van der Waals surface area contributed by atoms with Gasteiger partial charge < -0.3 is 4.52 Å². The number of alkyl halides is 3. The van der Waals surface area contributed by atoms with E-state index in [1.54, 1.807) is 0 Å². The second kappa shape index (κ2) is 1.89. The third-order valence-corrected chi connectivity index (χ3v) is 0.803. The Morgan fingerprint density at radius 2 is 2.10 bits per heavy atom. The van der Waals surface area contributed by atoms with Crippen molar-refractivity contribution in [2.45, 2.75) is 6.18 Å². The van der Waals surface area contributed by atoms with Crippen molar-refractivity contribution in [2.24, 2.45) is 0 Å². The first-order chi connectivity index (χ1) is 4.50. The van der Waals surface area contributed by atoms with E-state index in [1.165, 1.54) is 5.16 Å². The second-order valence-corrected chi connectivity index (χ2v) is 1.57. The van der Waals surface area contributed by atoms with Gasteiger partial charge in [-0.3, -0.25) is 4.79 Å². The van der Waals surface area contributed by atoms with Crippen LogP contribution < -0.4 is 5.56 Å². The van der Waals surface area contributed by atoms with Gasteiger partial charge in [0, 0.05) is 0 Å². The first-order valence-electron chi connectivity index (χ1n) is 2.26. The molecule has 0 aliphatic carbocycles. The average molecular weight is 153 g/mol. The number of H-pyrrole nitrogens is 1. The standard InChI is InChI=1S/C4H2F3NO2/c5-4(6,7)2-1-3(9)8-10-2/h1H,(H,8,9). The number of aromatic amines is 1. The lowest BCUT2D eigenvalue weighted by atomic mass is 10.4. The van der Waals surface area contributed by atoms with E-state index in [0.717, 1.165) is 0 Å². The van der Waals surface area contributed by atoms with Crippen LogP contribution in [0.1, 0.15) is 5.76 Å². The van der Waals surface area contributed by atoms with Gasteiger partial charge in [0.15, 0.2) is 0 Å². The lowest BCUT2D eigenvalue weighted by Crippen LogP contribution is -2.03. The van der Waals surface area contributed by atoms with Gasteiger partial charge in [-0.15, -0.1) is 0 Å². The molecule has 0 aliphatic heterocycles. The minimum atomic E-state index is -4.58. The first kappa shape index (κ1) is 6.91. The predicted octanol–water partition coefficient (Wildman–Crippen LogP) is 0.987. The molecule has 0 atom stereocenters. The molecule has 0 fully saturated rings. The van der Waals surface area contributed by atoms with Crippen LogP contribution in [0.5, 0.6) is 0 Å². The molecule has 0 saturated carbocycles. The van der Waals surface area contributed by atoms with Crippen molar-refractivity contribution >= 4 is 0 Å². The molecule has 0 aliphatic rings. The minimum Gasteiger partial charge on any atom is -0.374 e. The summed E-state index contributed by atoms with van der Waals surface area (Å²) in [5.41, 5.74) is -0.896. The van der Waals surface area contributed by atoms with Crippen LogP contribution in [0.15, 0.2) is 15.4 Å². The summed E-state index contributed by atoms with van der Waals surface area (Å²) in [5, 5.41) is 1.52. The zero-order valence-corrected chi connectivity index (χ0v) is 4.53. The van der Waals surface area contributed by atoms with Gasteiger partial charge in [-0.05, 0) is 0 Å². The molecule has 0 spiro atoms. The molecular formula is C4H2F3NO2. The summed E-state index contributed by atoms with van der Waals surface area (Å²) in [6, 6.07) is 0.347. The summed E-state index contributed by atoms with van der Waals surface area (Å²) in [7, 11) is 0. The summed E-state index contributed by atoms with van der Waals surface area (Å²) in [6.07, 6.45) is -4.58. The Labute approximate surface area is 52.4 Å². The summed E-state index contributed by atoms with van der Waals surface area (Å²) in [6.45, 7) is 0. The van der Waals surface area contributed by atoms with Crippen molar-refractivity contribution in [1.29, 1.82) is 0 Å². The molecule has 1 rings (SSSR count). The third kappa shape index (κ3) is 1.20. The molecule has 0 bridgehead atoms. The molecule has 3 nitrogen and oxygen atoms in total. The smallest absolute Gasteiger partial charge is 0.374 e. The Kier molecular flexibility index (Phi) is 1.31. The maximum atomic E-state index is 11.5. The SMILES string of the molecule is O=c1cc(C(F)(F)F)o[nH]1. The number of hydrogen-bond donors (Lipinski definition) is 1. The quantitative estimate of drug-likeness (QED) is 0.603. The number of rotatable bonds is 0. The van der Waals surface area contributed by atoms with Crippen LogP contribution in [0.4, 0.5) is 13.2 Å². The second-order valence-electron chi connectivity index (χ2n) is 1.57. The van der Waals surface area contributed by atoms with Gasteiger partial charge in [0.1, 0.15) is 0 Å². The van der Waals surface area contributed by atoms with E-state index >= 15 is 0 Å². The Balaban J connectivity index is 3.07. The van der Waals surface area contributed by atoms with E-state index in [-0.39, 0.29) is 0 Å². The van der Waals surface area contributed by atoms with Gasteiger partial charge in [-0.2, -0.15) is 18.3 Å². The van der Waals surface area contributed by atoms with Gasteiger partial charge in [-0.25, -0.2) is 0 Å². The van der Waals surface area contributed by atoms with Crippen LogP contribution >= 0.6 is 0 Å². The van der Waals surface area contributed by atoms with E-state index in [4.69, 9.17) is 0 Å². The number of nitrogens with one attached hydrogen (secondary N) is 1. The third-order valence-electron chi connectivity index (χ3n) is 0.803. The molecular weight excluding hydrogens is 151 g/mol. The van der Waals surface area contributed by atoms with Crippen molar-refractivity contribution in [3.8, 4) is 0 Å². The minimum absolute atomic E-state index is 0.347. The van der Waals surface area contributed by atoms with Gasteiger partial charge in [0.05, 0.1) is 6.07 Å². The van der Waals surface area contributed by atoms with Crippen molar-refractivity contribution in [2.75, 3.05) is 0 Å². The van der Waals surface area contributed by atoms with Crippen LogP contribution in [-0.2, 0) is 6.18 Å². The number of hydrogen-bond acceptors (Lipinski definition) is 2. The van der Waals surface area contributed by atoms with E-state index < -0.39 is 17.5 Å². The maximum Gasteiger partial charge on any atom is 0.452 e. The fourth-order valence-electron chi connectivity index (χ4n) is 0.423. The molecule has 56 valence electrons. The normalized spacial score (nSPS) is 11.9. The van der Waals surface area contributed by atoms with E-state index in [2.05, 4.69) is 4.52 Å². The summed E-state index contributed by atoms with van der Waals surface area (Å²) in [5.74, 6) is -1.31. The zero-order chi connectivity index (χ0) is 7.78. The molecule has 0 aromatic carbocycles. The van der Waals surface area contributed by atoms with E-state index in [9.17, 15) is 18.0 Å². The molecule has 1 heterocycles. The molecule has 1 aromatic rings. The molecule has 10 heavy (non-hydrogen) atoms. The van der Waals surface area contributed by atoms with Gasteiger partial charge >= 0.3 is 6.18 Å². The lowest BCUT2D eigenvalue weighted by molar-refractivity contribution is -0.155. The van der Waals surface area contributed by atoms with Gasteiger partial charge in [0.2, 0.25) is 5.76 Å². The highest BCUT2D eigenvalue weighted by atomic mass is 19.4. The van der Waals surface area contributed by atoms with Crippen molar-refractivity contribution < 1.29 is 17.7 Å². The zero-order valence-electron chi connectivity index (χ0n) is 4.53. The average Bonchev–Trinajstić information content (AvgIpc) is 2.11. The van der Waals surface area contributed by atoms with Gasteiger partial charge in [0.25, 0.3) is 5.56 Å². The predicted molar refractivity (Wildman–Crippen MR) is 24.3 cm³/mol. The maximum absolute atomic E-state index is 11.5. The Bertz CT molecular complexity index is 271. The summed E-state index contributed by atoms with van der Waals surface area (Å²) >= 11 is 0. The largest absolute Gasteiger partial charge is 0.452 e. The van der Waals surface area contributed by atoms with Crippen LogP contribution in [-0.4, -0.2) is 5.16 Å². The Morgan fingerprint density at radius 1 is 1.50 bits per heavy atom. The Hall–Kier alpha value is -1.20. The monoisotopic (exact) mass is 153 g/mol. The molecule has 6 heteroatoms. The summed E-state index contributed by atoms with van der Waals surface area (Å²) in [4.78, 5) is 10.1. The van der Waals surface area contributed by atoms with E-state index in [0.29, 0.717) is 6.07 Å². The van der Waals surface area contributed by atoms with E-state index in [1.807, 2.05) is 0 Å². The van der Waals surface area contributed by atoms with Crippen molar-refractivity contribution in [3.63, 3.8) is 0 Å². The molecule has 1 aromatic heterocycles. The molecule has 0 saturated heterocycles. The topological polar surface area (TPSA) is 46.0 Å². The summed E-state index contributed by atoms with van der Waals surface area (Å²) < 4.78 is 38.4. The molecule has 0 amide bonds. The van der Waals surface area contributed by atoms with Crippen molar-refractivity contribution in [3.05, 3.63) is 22.2 Å². The highest BCUT2D eigenvalue weighted by Gasteiger charge is 2.35. The Morgan fingerprint density at radius 3 is 2.30 bits per heavy atom. The number of aromatic nitrogens is 1. The highest BCUT2D eigenvalue weighted by Crippen LogP contribution is 2.27. The first-order valence-corrected chi connectivity index (χ1v) is 2.26. The molecule has 0 unspecified atom stereocenters. The van der Waals surface area contributed by atoms with Crippen LogP contribution in [0.2, 0.25) is 0 Å². The van der Waals surface area contributed by atoms with Gasteiger partial charge in [-0.1, -0.05) is 0 Å². The molecule has 0 radical (unpaired) electrons. The fourth-order valence-corrected chi connectivity index (χ4v) is 0.423. The number of halogens is 3. The fraction of sp³-hybridized carbons (Fsp3) is 0.250. The van der Waals surface area contributed by atoms with Crippen molar-refractivity contribution in [1.82, 2.24) is 5.16 Å². The molecule has 1 N–H and O–H groups in total. The van der Waals surface area contributed by atoms with Crippen LogP contribution in [0.25, 0.3) is 0 Å². The van der Waals surface area contributed by atoms with Crippen LogP contribution in [0.3, 0.4) is 0 Å². The lowest BCUT2D eigenvalue weighted by Gasteiger charge is -1.96.